The van der Waals surface area contributed by atoms with Gasteiger partial charge in [0.05, 0.1) is 34.4 Å². The van der Waals surface area contributed by atoms with E-state index in [1.165, 1.54) is 40.6 Å². The molecule has 1 aromatic heterocycles. The molecule has 152 valence electrons. The number of nitrogens with zero attached hydrogens (tertiary/aromatic N) is 1. The molecule has 7 heteroatoms. The van der Waals surface area contributed by atoms with Crippen LogP contribution in [-0.4, -0.2) is 43.6 Å². The number of hydrogen-bond donors (Lipinski definition) is 2. The van der Waals surface area contributed by atoms with Crippen LogP contribution in [0.5, 0.6) is 34.5 Å². The molecule has 3 aromatic rings. The minimum Gasteiger partial charge on any atom is -0.507 e. The monoisotopic (exact) mass is 397 g/mol. The fourth-order valence-corrected chi connectivity index (χ4v) is 3.35. The lowest BCUT2D eigenvalue weighted by Gasteiger charge is -2.25. The van der Waals surface area contributed by atoms with Gasteiger partial charge in [-0.2, -0.15) is 0 Å². The molecule has 0 spiro atoms. The Morgan fingerprint density at radius 1 is 0.759 bits per heavy atom. The van der Waals surface area contributed by atoms with Gasteiger partial charge in [0.25, 0.3) is 0 Å². The van der Waals surface area contributed by atoms with Crippen molar-refractivity contribution in [3.8, 4) is 34.5 Å². The number of rotatable bonds is 7. The fourth-order valence-electron chi connectivity index (χ4n) is 3.35. The zero-order valence-corrected chi connectivity index (χ0v) is 16.7. The van der Waals surface area contributed by atoms with E-state index in [-0.39, 0.29) is 11.5 Å². The van der Waals surface area contributed by atoms with E-state index in [1.807, 2.05) is 6.07 Å². The first kappa shape index (κ1) is 20.1. The van der Waals surface area contributed by atoms with Gasteiger partial charge in [-0.05, 0) is 11.6 Å². The Kier molecular flexibility index (Phi) is 5.97. The molecule has 29 heavy (non-hydrogen) atoms. The Bertz CT molecular complexity index is 929. The van der Waals surface area contributed by atoms with Crippen LogP contribution in [0.15, 0.2) is 48.8 Å². The zero-order valence-electron chi connectivity index (χ0n) is 16.7. The quantitative estimate of drug-likeness (QED) is 0.628. The number of ether oxygens (including phenoxy) is 4. The van der Waals surface area contributed by atoms with Gasteiger partial charge in [0, 0.05) is 47.8 Å². The summed E-state index contributed by atoms with van der Waals surface area (Å²) in [6.07, 6.45) is 3.31. The van der Waals surface area contributed by atoms with Crippen LogP contribution >= 0.6 is 0 Å². The largest absolute Gasteiger partial charge is 0.507 e. The van der Waals surface area contributed by atoms with E-state index in [2.05, 4.69) is 4.98 Å². The topological polar surface area (TPSA) is 90.3 Å². The van der Waals surface area contributed by atoms with Crippen LogP contribution in [0.1, 0.15) is 22.6 Å². The van der Waals surface area contributed by atoms with Crippen molar-refractivity contribution in [2.45, 2.75) is 5.92 Å². The van der Waals surface area contributed by atoms with Crippen LogP contribution < -0.4 is 18.9 Å². The third-order valence-corrected chi connectivity index (χ3v) is 4.69. The second-order valence-electron chi connectivity index (χ2n) is 6.24. The highest BCUT2D eigenvalue weighted by Gasteiger charge is 2.30. The molecule has 1 heterocycles. The summed E-state index contributed by atoms with van der Waals surface area (Å²) in [7, 11) is 6.02. The number of phenols is 2. The molecule has 0 aliphatic rings. The first-order valence-corrected chi connectivity index (χ1v) is 8.83. The first-order valence-electron chi connectivity index (χ1n) is 8.83. The van der Waals surface area contributed by atoms with E-state index < -0.39 is 5.92 Å². The molecule has 0 radical (unpaired) electrons. The van der Waals surface area contributed by atoms with Crippen molar-refractivity contribution in [2.75, 3.05) is 28.4 Å². The van der Waals surface area contributed by atoms with Gasteiger partial charge < -0.3 is 29.2 Å². The van der Waals surface area contributed by atoms with E-state index in [0.717, 1.165) is 5.56 Å². The Morgan fingerprint density at radius 3 is 1.66 bits per heavy atom. The highest BCUT2D eigenvalue weighted by atomic mass is 16.5. The van der Waals surface area contributed by atoms with Crippen molar-refractivity contribution in [3.63, 3.8) is 0 Å². The number of phenolic OH excluding ortho intramolecular Hbond substituents is 2. The molecule has 0 saturated heterocycles. The number of aromatic hydroxyl groups is 2. The van der Waals surface area contributed by atoms with E-state index in [9.17, 15) is 10.2 Å². The van der Waals surface area contributed by atoms with Gasteiger partial charge in [-0.1, -0.05) is 6.07 Å². The van der Waals surface area contributed by atoms with Crippen LogP contribution in [-0.2, 0) is 0 Å². The average molecular weight is 397 g/mol. The SMILES string of the molecule is COc1cc(O)c(C(c2cccnc2)c2c(O)cc(OC)cc2OC)c(OC)c1. The van der Waals surface area contributed by atoms with Gasteiger partial charge >= 0.3 is 0 Å². The van der Waals surface area contributed by atoms with Crippen molar-refractivity contribution in [1.82, 2.24) is 4.98 Å². The summed E-state index contributed by atoms with van der Waals surface area (Å²) in [6.45, 7) is 0. The molecule has 0 bridgehead atoms. The Labute approximate surface area is 169 Å². The first-order chi connectivity index (χ1) is 14.0. The summed E-state index contributed by atoms with van der Waals surface area (Å²) >= 11 is 0. The predicted octanol–water partition coefficient (Wildman–Crippen LogP) is 3.71. The molecule has 0 aliphatic carbocycles. The van der Waals surface area contributed by atoms with E-state index in [0.29, 0.717) is 34.1 Å². The third-order valence-electron chi connectivity index (χ3n) is 4.69. The molecule has 0 saturated carbocycles. The number of aromatic nitrogens is 1. The minimum absolute atomic E-state index is 0.0488. The molecule has 3 rings (SSSR count). The molecule has 2 N–H and O–H groups in total. The van der Waals surface area contributed by atoms with E-state index in [4.69, 9.17) is 18.9 Å². The minimum atomic E-state index is -0.634. The smallest absolute Gasteiger partial charge is 0.130 e. The number of pyridine rings is 1. The van der Waals surface area contributed by atoms with Crippen LogP contribution in [0.2, 0.25) is 0 Å². The van der Waals surface area contributed by atoms with Gasteiger partial charge in [-0.3, -0.25) is 4.98 Å². The summed E-state index contributed by atoms with van der Waals surface area (Å²) < 4.78 is 21.6. The Balaban J connectivity index is 2.36. The number of benzene rings is 2. The fraction of sp³-hybridized carbons (Fsp3) is 0.227. The van der Waals surface area contributed by atoms with Crippen molar-refractivity contribution < 1.29 is 29.2 Å². The summed E-state index contributed by atoms with van der Waals surface area (Å²) in [6, 6.07) is 9.96. The van der Waals surface area contributed by atoms with Crippen molar-refractivity contribution in [2.24, 2.45) is 0 Å². The lowest BCUT2D eigenvalue weighted by molar-refractivity contribution is 0.371. The summed E-state index contributed by atoms with van der Waals surface area (Å²) in [5.41, 5.74) is 1.62. The van der Waals surface area contributed by atoms with Gasteiger partial charge in [-0.25, -0.2) is 0 Å². The molecule has 2 aromatic carbocycles. The average Bonchev–Trinajstić information content (AvgIpc) is 2.75. The Morgan fingerprint density at radius 2 is 1.28 bits per heavy atom. The second kappa shape index (κ2) is 8.60. The van der Waals surface area contributed by atoms with Gasteiger partial charge in [-0.15, -0.1) is 0 Å². The highest BCUT2D eigenvalue weighted by molar-refractivity contribution is 5.63. The van der Waals surface area contributed by atoms with E-state index >= 15 is 0 Å². The molecule has 7 nitrogen and oxygen atoms in total. The maximum atomic E-state index is 10.9. The third kappa shape index (κ3) is 3.85. The second-order valence-corrected chi connectivity index (χ2v) is 6.24. The van der Waals surface area contributed by atoms with Gasteiger partial charge in [0.15, 0.2) is 0 Å². The van der Waals surface area contributed by atoms with Crippen LogP contribution in [0, 0.1) is 0 Å². The normalized spacial score (nSPS) is 10.7. The molecule has 0 aliphatic heterocycles. The lowest BCUT2D eigenvalue weighted by Crippen LogP contribution is -2.09. The molecular weight excluding hydrogens is 374 g/mol. The van der Waals surface area contributed by atoms with Crippen molar-refractivity contribution in [3.05, 3.63) is 65.5 Å². The standard InChI is InChI=1S/C22H23NO6/c1-26-14-8-16(24)21(18(10-14)28-3)20(13-6-5-7-23-12-13)22-17(25)9-15(27-2)11-19(22)29-4/h5-12,20,24-25H,1-4H3. The van der Waals surface area contributed by atoms with Crippen LogP contribution in [0.4, 0.5) is 0 Å². The molecule has 0 atom stereocenters. The summed E-state index contributed by atoms with van der Waals surface area (Å²) in [5, 5.41) is 21.7. The Hall–Kier alpha value is -3.61. The number of methoxy groups -OCH3 is 4. The lowest BCUT2D eigenvalue weighted by atomic mass is 9.83. The molecule has 0 amide bonds. The highest BCUT2D eigenvalue weighted by Crippen LogP contribution is 2.50. The summed E-state index contributed by atoms with van der Waals surface area (Å²) in [5.74, 6) is 0.948. The maximum Gasteiger partial charge on any atom is 0.130 e. The summed E-state index contributed by atoms with van der Waals surface area (Å²) in [4.78, 5) is 4.20. The van der Waals surface area contributed by atoms with Crippen molar-refractivity contribution >= 4 is 0 Å². The number of hydrogen-bond acceptors (Lipinski definition) is 7. The molecular formula is C22H23NO6. The van der Waals surface area contributed by atoms with Crippen molar-refractivity contribution in [1.29, 1.82) is 0 Å². The molecule has 0 fully saturated rings. The molecule has 0 unspecified atom stereocenters. The maximum absolute atomic E-state index is 10.9. The van der Waals surface area contributed by atoms with Crippen LogP contribution in [0.25, 0.3) is 0 Å². The van der Waals surface area contributed by atoms with Gasteiger partial charge in [0.1, 0.15) is 34.5 Å². The van der Waals surface area contributed by atoms with Gasteiger partial charge in [0.2, 0.25) is 0 Å². The van der Waals surface area contributed by atoms with Crippen LogP contribution in [0.3, 0.4) is 0 Å². The van der Waals surface area contributed by atoms with E-state index in [1.54, 1.807) is 30.6 Å². The zero-order chi connectivity index (χ0) is 21.0. The predicted molar refractivity (Wildman–Crippen MR) is 108 cm³/mol.